The largest absolute Gasteiger partial charge is 0.507 e. The van der Waals surface area contributed by atoms with Crippen molar-refractivity contribution in [3.63, 3.8) is 0 Å². The van der Waals surface area contributed by atoms with Crippen molar-refractivity contribution in [3.05, 3.63) is 52.8 Å². The van der Waals surface area contributed by atoms with E-state index in [1.165, 1.54) is 53.2 Å². The number of nitrogens with one attached hydrogen (secondary N) is 2. The second-order valence-electron chi connectivity index (χ2n) is 17.0. The standard InChI is InChI=1S/C45H61N3O13/c1-20-12-10-13-21(2)44(57)48-34-29(19-47-28-15-11-14-27(18-28)43(46)56)38(53)31-32(39(34)54)37(52)25(6)41-33(31)42(55)45(8,61-41)59-17-16-30(58-9)22(3)40(60-26(7)49)24(5)36(51)23(4)35(20)50/h10,12-13,16-17,20,22-24,27-28,30,35-36,40,47,50-54H,11,14-15,18-19H2,1-9H3,(H2,46,56)(H,48,57)/b12-10+,17-16+,21-13-/t20-,22+,23+,24+,27?,28?,30-,35-,36+,40+,45-/m0/s1. The highest BCUT2D eigenvalue weighted by atomic mass is 16.7. The van der Waals surface area contributed by atoms with E-state index in [4.69, 9.17) is 24.7 Å². The van der Waals surface area contributed by atoms with E-state index in [1.807, 2.05) is 0 Å². The quantitative estimate of drug-likeness (QED) is 0.109. The SMILES string of the molecule is CO[C@H]1/C=C/O[C@@]2(C)Oc3c(C)c(O)c4c(O)c(c(CNC5CCCC(C(N)=O)C5)c(O)c4c3C2=O)NC(=O)/C(C)=C\C=C\[C@H](C)[C@H](O)[C@@H](C)[C@@H](O)[C@@H](C)[C@H](OC(C)=O)[C@@H]1C. The second-order valence-corrected chi connectivity index (χ2v) is 17.0. The van der Waals surface area contributed by atoms with Gasteiger partial charge in [-0.2, -0.15) is 0 Å². The number of esters is 1. The van der Waals surface area contributed by atoms with E-state index in [2.05, 4.69) is 10.6 Å². The maximum Gasteiger partial charge on any atom is 0.312 e. The molecule has 2 aromatic rings. The summed E-state index contributed by atoms with van der Waals surface area (Å²) in [5, 5.41) is 64.1. The van der Waals surface area contributed by atoms with Crippen molar-refractivity contribution in [3.8, 4) is 23.0 Å². The molecular formula is C45H61N3O13. The Morgan fingerprint density at radius 2 is 1.66 bits per heavy atom. The number of rotatable bonds is 6. The number of ether oxygens (including phenoxy) is 4. The maximum absolute atomic E-state index is 14.5. The summed E-state index contributed by atoms with van der Waals surface area (Å²) < 4.78 is 23.6. The Kier molecular flexibility index (Phi) is 14.5. The number of aliphatic hydroxyl groups is 2. The van der Waals surface area contributed by atoms with Gasteiger partial charge in [0.15, 0.2) is 5.75 Å². The summed E-state index contributed by atoms with van der Waals surface area (Å²) in [6.45, 7) is 12.3. The molecule has 61 heavy (non-hydrogen) atoms. The van der Waals surface area contributed by atoms with E-state index >= 15 is 0 Å². The molecule has 2 amide bonds. The molecule has 1 aliphatic carbocycles. The van der Waals surface area contributed by atoms with Gasteiger partial charge in [-0.15, -0.1) is 0 Å². The number of phenols is 3. The van der Waals surface area contributed by atoms with Gasteiger partial charge in [-0.3, -0.25) is 19.2 Å². The van der Waals surface area contributed by atoms with Crippen LogP contribution in [-0.2, 0) is 35.1 Å². The fourth-order valence-electron chi connectivity index (χ4n) is 8.84. The lowest BCUT2D eigenvalue weighted by atomic mass is 9.78. The van der Waals surface area contributed by atoms with Crippen LogP contribution in [0.4, 0.5) is 5.69 Å². The smallest absolute Gasteiger partial charge is 0.312 e. The van der Waals surface area contributed by atoms with Gasteiger partial charge < -0.3 is 60.8 Å². The molecule has 0 saturated heterocycles. The van der Waals surface area contributed by atoms with Crippen molar-refractivity contribution in [1.29, 1.82) is 0 Å². The number of phenolic OH excluding ortho intramolecular Hbond substituents is 3. The first-order valence-corrected chi connectivity index (χ1v) is 20.7. The topological polar surface area (TPSA) is 256 Å². The minimum atomic E-state index is -2.06. The van der Waals surface area contributed by atoms with E-state index < -0.39 is 94.7 Å². The van der Waals surface area contributed by atoms with Gasteiger partial charge in [0.25, 0.3) is 11.7 Å². The summed E-state index contributed by atoms with van der Waals surface area (Å²) >= 11 is 0. The summed E-state index contributed by atoms with van der Waals surface area (Å²) in [5.74, 6) is -9.20. The molecule has 334 valence electrons. The summed E-state index contributed by atoms with van der Waals surface area (Å²) in [6, 6.07) is -0.225. The number of methoxy groups -OCH3 is 1. The first-order valence-electron chi connectivity index (χ1n) is 20.7. The van der Waals surface area contributed by atoms with E-state index in [-0.39, 0.29) is 63.0 Å². The van der Waals surface area contributed by atoms with Crippen molar-refractivity contribution >= 4 is 40.0 Å². The number of aromatic hydroxyl groups is 3. The van der Waals surface area contributed by atoms with Gasteiger partial charge in [-0.05, 0) is 39.2 Å². The highest BCUT2D eigenvalue weighted by Gasteiger charge is 2.50. The van der Waals surface area contributed by atoms with E-state index in [1.54, 1.807) is 39.8 Å². The number of Topliss-reactive ketones (excluding diaryl/α,β-unsaturated/α-hetero) is 1. The Hall–Kier alpha value is -5.16. The van der Waals surface area contributed by atoms with Gasteiger partial charge in [0.05, 0.1) is 41.2 Å². The Balaban J connectivity index is 1.68. The Bertz CT molecular complexity index is 2130. The summed E-state index contributed by atoms with van der Waals surface area (Å²) in [5.41, 5.74) is 5.40. The lowest BCUT2D eigenvalue weighted by Gasteiger charge is -2.38. The third-order valence-corrected chi connectivity index (χ3v) is 12.7. The number of benzene rings is 2. The normalized spacial score (nSPS) is 33.3. The fourth-order valence-corrected chi connectivity index (χ4v) is 8.84. The number of allylic oxidation sites excluding steroid dienone is 2. The number of hydrogen-bond acceptors (Lipinski definition) is 14. The first-order chi connectivity index (χ1) is 28.6. The molecule has 3 aliphatic heterocycles. The lowest BCUT2D eigenvalue weighted by Crippen LogP contribution is -2.46. The molecular weight excluding hydrogens is 791 g/mol. The van der Waals surface area contributed by atoms with Crippen molar-refractivity contribution in [2.45, 2.75) is 124 Å². The van der Waals surface area contributed by atoms with Crippen LogP contribution in [0.1, 0.15) is 95.6 Å². The first kappa shape index (κ1) is 46.9. The fraction of sp³-hybridized carbons (Fsp3) is 0.556. The van der Waals surface area contributed by atoms with Crippen molar-refractivity contribution < 1.29 is 63.7 Å². The molecule has 11 atom stereocenters. The molecule has 2 aromatic carbocycles. The average Bonchev–Trinajstić information content (AvgIpc) is 3.48. The molecule has 1 fully saturated rings. The number of carbonyl (C=O) groups is 4. The third kappa shape index (κ3) is 9.37. The van der Waals surface area contributed by atoms with Gasteiger partial charge in [0, 0.05) is 85.2 Å². The van der Waals surface area contributed by atoms with Crippen LogP contribution in [0.5, 0.6) is 23.0 Å². The predicted molar refractivity (Wildman–Crippen MR) is 226 cm³/mol. The van der Waals surface area contributed by atoms with Gasteiger partial charge in [-0.1, -0.05) is 52.3 Å². The summed E-state index contributed by atoms with van der Waals surface area (Å²) in [4.78, 5) is 52.7. The molecule has 1 saturated carbocycles. The van der Waals surface area contributed by atoms with Crippen molar-refractivity contribution in [1.82, 2.24) is 5.32 Å². The van der Waals surface area contributed by atoms with Crippen LogP contribution in [0.25, 0.3) is 10.8 Å². The molecule has 0 radical (unpaired) electrons. The molecule has 3 heterocycles. The number of ketones is 1. The van der Waals surface area contributed by atoms with Crippen LogP contribution in [0.2, 0.25) is 0 Å². The van der Waals surface area contributed by atoms with E-state index in [0.717, 1.165) is 0 Å². The summed E-state index contributed by atoms with van der Waals surface area (Å²) in [7, 11) is 1.43. The predicted octanol–water partition coefficient (Wildman–Crippen LogP) is 4.89. The minimum absolute atomic E-state index is 0.0113. The second kappa shape index (κ2) is 18.8. The maximum atomic E-state index is 14.5. The monoisotopic (exact) mass is 851 g/mol. The van der Waals surface area contributed by atoms with Crippen molar-refractivity contribution in [2.24, 2.45) is 35.3 Å². The number of hydrogen-bond donors (Lipinski definition) is 8. The van der Waals surface area contributed by atoms with Crippen LogP contribution in [0.3, 0.4) is 0 Å². The molecule has 4 aliphatic rings. The number of nitrogens with two attached hydrogens (primary N) is 1. The van der Waals surface area contributed by atoms with Gasteiger partial charge >= 0.3 is 11.8 Å². The number of aliphatic hydroxyl groups excluding tert-OH is 2. The number of carbonyl (C=O) groups excluding carboxylic acids is 4. The number of amides is 2. The third-order valence-electron chi connectivity index (χ3n) is 12.7. The number of primary amides is 1. The average molecular weight is 852 g/mol. The van der Waals surface area contributed by atoms with Crippen LogP contribution in [0, 0.1) is 36.5 Å². The molecule has 5 bridgehead atoms. The number of fused-ring (bicyclic) bond motifs is 14. The lowest BCUT2D eigenvalue weighted by molar-refractivity contribution is -0.160. The molecule has 16 nitrogen and oxygen atoms in total. The van der Waals surface area contributed by atoms with Gasteiger partial charge in [0.2, 0.25) is 5.91 Å². The molecule has 2 unspecified atom stereocenters. The molecule has 16 heteroatoms. The molecule has 6 rings (SSSR count). The van der Waals surface area contributed by atoms with E-state index in [9.17, 15) is 44.7 Å². The summed E-state index contributed by atoms with van der Waals surface area (Å²) in [6.07, 6.45) is 5.94. The van der Waals surface area contributed by atoms with Crippen LogP contribution < -0.4 is 21.1 Å². The molecule has 0 spiro atoms. The van der Waals surface area contributed by atoms with Crippen LogP contribution in [-0.4, -0.2) is 92.5 Å². The van der Waals surface area contributed by atoms with Gasteiger partial charge in [-0.25, -0.2) is 0 Å². The zero-order valence-corrected chi connectivity index (χ0v) is 36.3. The Morgan fingerprint density at radius 3 is 2.30 bits per heavy atom. The minimum Gasteiger partial charge on any atom is -0.507 e. The highest BCUT2D eigenvalue weighted by molar-refractivity contribution is 6.22. The molecule has 9 N–H and O–H groups in total. The zero-order valence-electron chi connectivity index (χ0n) is 36.3. The Morgan fingerprint density at radius 1 is 0.967 bits per heavy atom. The Labute approximate surface area is 355 Å². The van der Waals surface area contributed by atoms with Gasteiger partial charge in [0.1, 0.15) is 23.4 Å². The zero-order chi connectivity index (χ0) is 45.2. The van der Waals surface area contributed by atoms with Crippen LogP contribution in [0.15, 0.2) is 36.1 Å². The number of anilines is 1. The highest BCUT2D eigenvalue weighted by Crippen LogP contribution is 2.55. The molecule has 0 aromatic heterocycles. The van der Waals surface area contributed by atoms with E-state index in [0.29, 0.717) is 25.7 Å². The van der Waals surface area contributed by atoms with Crippen LogP contribution >= 0.6 is 0 Å². The van der Waals surface area contributed by atoms with Crippen molar-refractivity contribution in [2.75, 3.05) is 12.4 Å².